The first-order valence-corrected chi connectivity index (χ1v) is 5.29. The van der Waals surface area contributed by atoms with Crippen molar-refractivity contribution >= 4 is 5.97 Å². The molecule has 0 fully saturated rings. The first-order chi connectivity index (χ1) is 8.50. The van der Waals surface area contributed by atoms with Crippen molar-refractivity contribution in [2.75, 3.05) is 0 Å². The standard InChI is InChI=1S/C14H10F2O2/c1-8-5-6-10(14(17)18)11(7-8)9-3-2-4-12(15)13(9)16/h2-7H,1H3,(H,17,18). The highest BCUT2D eigenvalue weighted by Gasteiger charge is 2.16. The zero-order valence-corrected chi connectivity index (χ0v) is 9.58. The van der Waals surface area contributed by atoms with Gasteiger partial charge in [0.05, 0.1) is 5.56 Å². The number of halogens is 2. The monoisotopic (exact) mass is 248 g/mol. The van der Waals surface area contributed by atoms with E-state index in [0.29, 0.717) is 0 Å². The molecule has 1 N–H and O–H groups in total. The van der Waals surface area contributed by atoms with Gasteiger partial charge in [0.25, 0.3) is 0 Å². The van der Waals surface area contributed by atoms with Crippen molar-refractivity contribution in [2.24, 2.45) is 0 Å². The Kier molecular flexibility index (Phi) is 3.10. The molecule has 0 aliphatic rings. The molecule has 4 heteroatoms. The summed E-state index contributed by atoms with van der Waals surface area (Å²) in [5.74, 6) is -3.20. The van der Waals surface area contributed by atoms with Gasteiger partial charge < -0.3 is 5.11 Å². The molecule has 0 aliphatic carbocycles. The van der Waals surface area contributed by atoms with Crippen LogP contribution >= 0.6 is 0 Å². The first kappa shape index (κ1) is 12.2. The maximum atomic E-state index is 13.7. The molecule has 2 nitrogen and oxygen atoms in total. The minimum Gasteiger partial charge on any atom is -0.478 e. The highest BCUT2D eigenvalue weighted by Crippen LogP contribution is 2.28. The van der Waals surface area contributed by atoms with E-state index in [4.69, 9.17) is 5.11 Å². The molecular weight excluding hydrogens is 238 g/mol. The number of hydrogen-bond acceptors (Lipinski definition) is 1. The maximum absolute atomic E-state index is 13.7. The van der Waals surface area contributed by atoms with Gasteiger partial charge in [-0.1, -0.05) is 29.8 Å². The summed E-state index contributed by atoms with van der Waals surface area (Å²) in [6, 6.07) is 8.24. The number of carboxylic acids is 1. The van der Waals surface area contributed by atoms with E-state index in [0.717, 1.165) is 11.6 Å². The van der Waals surface area contributed by atoms with Gasteiger partial charge in [-0.15, -0.1) is 0 Å². The molecule has 0 radical (unpaired) electrons. The van der Waals surface area contributed by atoms with Gasteiger partial charge in [-0.3, -0.25) is 0 Å². The average Bonchev–Trinajstić information content (AvgIpc) is 2.32. The van der Waals surface area contributed by atoms with Crippen molar-refractivity contribution in [2.45, 2.75) is 6.92 Å². The Morgan fingerprint density at radius 2 is 1.83 bits per heavy atom. The molecule has 0 bridgehead atoms. The largest absolute Gasteiger partial charge is 0.478 e. The Morgan fingerprint density at radius 3 is 2.50 bits per heavy atom. The van der Waals surface area contributed by atoms with Crippen LogP contribution in [0, 0.1) is 18.6 Å². The molecule has 0 heterocycles. The van der Waals surface area contributed by atoms with Gasteiger partial charge in [0.1, 0.15) is 0 Å². The number of aryl methyl sites for hydroxylation is 1. The highest BCUT2D eigenvalue weighted by atomic mass is 19.2. The lowest BCUT2D eigenvalue weighted by Crippen LogP contribution is -2.01. The van der Waals surface area contributed by atoms with E-state index in [1.807, 2.05) is 0 Å². The molecule has 2 rings (SSSR count). The number of benzene rings is 2. The summed E-state index contributed by atoms with van der Waals surface area (Å²) in [4.78, 5) is 11.1. The Morgan fingerprint density at radius 1 is 1.11 bits per heavy atom. The molecule has 0 atom stereocenters. The smallest absolute Gasteiger partial charge is 0.336 e. The number of carboxylic acid groups (broad SMARTS) is 1. The third-order valence-corrected chi connectivity index (χ3v) is 2.65. The van der Waals surface area contributed by atoms with Gasteiger partial charge in [-0.05, 0) is 24.6 Å². The maximum Gasteiger partial charge on any atom is 0.336 e. The van der Waals surface area contributed by atoms with E-state index in [2.05, 4.69) is 0 Å². The second-order valence-corrected chi connectivity index (χ2v) is 3.96. The van der Waals surface area contributed by atoms with Crippen LogP contribution in [0.15, 0.2) is 36.4 Å². The third kappa shape index (κ3) is 2.09. The van der Waals surface area contributed by atoms with Crippen LogP contribution in [0.1, 0.15) is 15.9 Å². The Balaban J connectivity index is 2.73. The molecule has 2 aromatic rings. The minimum absolute atomic E-state index is 0.0453. The zero-order valence-electron chi connectivity index (χ0n) is 9.58. The van der Waals surface area contributed by atoms with Crippen molar-refractivity contribution in [1.29, 1.82) is 0 Å². The van der Waals surface area contributed by atoms with Gasteiger partial charge in [0.15, 0.2) is 11.6 Å². The second kappa shape index (κ2) is 4.56. The summed E-state index contributed by atoms with van der Waals surface area (Å²) < 4.78 is 26.9. The molecule has 92 valence electrons. The molecule has 18 heavy (non-hydrogen) atoms. The van der Waals surface area contributed by atoms with Crippen LogP contribution in [0.2, 0.25) is 0 Å². The Labute approximate surface area is 103 Å². The fourth-order valence-corrected chi connectivity index (χ4v) is 1.78. The minimum atomic E-state index is -1.17. The number of rotatable bonds is 2. The van der Waals surface area contributed by atoms with Gasteiger partial charge in [-0.2, -0.15) is 0 Å². The summed E-state index contributed by atoms with van der Waals surface area (Å²) in [6.45, 7) is 1.76. The van der Waals surface area contributed by atoms with E-state index in [-0.39, 0.29) is 16.7 Å². The van der Waals surface area contributed by atoms with E-state index >= 15 is 0 Å². The molecule has 0 spiro atoms. The predicted molar refractivity (Wildman–Crippen MR) is 63.5 cm³/mol. The van der Waals surface area contributed by atoms with E-state index in [1.54, 1.807) is 13.0 Å². The van der Waals surface area contributed by atoms with Crippen LogP contribution in [0.5, 0.6) is 0 Å². The molecular formula is C14H10F2O2. The normalized spacial score (nSPS) is 10.4. The molecule has 0 saturated heterocycles. The van der Waals surface area contributed by atoms with Crippen LogP contribution in [-0.4, -0.2) is 11.1 Å². The Bertz CT molecular complexity index is 621. The SMILES string of the molecule is Cc1ccc(C(=O)O)c(-c2cccc(F)c2F)c1. The van der Waals surface area contributed by atoms with Gasteiger partial charge in [0.2, 0.25) is 0 Å². The fraction of sp³-hybridized carbons (Fsp3) is 0.0714. The van der Waals surface area contributed by atoms with Crippen molar-refractivity contribution < 1.29 is 18.7 Å². The summed E-state index contributed by atoms with van der Waals surface area (Å²) in [6.07, 6.45) is 0. The number of hydrogen-bond donors (Lipinski definition) is 1. The fourth-order valence-electron chi connectivity index (χ4n) is 1.78. The topological polar surface area (TPSA) is 37.3 Å². The molecule has 0 aromatic heterocycles. The summed E-state index contributed by atoms with van der Waals surface area (Å²) in [5, 5.41) is 9.06. The lowest BCUT2D eigenvalue weighted by Gasteiger charge is -2.09. The van der Waals surface area contributed by atoms with Crippen molar-refractivity contribution in [3.63, 3.8) is 0 Å². The van der Waals surface area contributed by atoms with Crippen molar-refractivity contribution in [3.8, 4) is 11.1 Å². The molecule has 0 aliphatic heterocycles. The molecule has 0 amide bonds. The van der Waals surface area contributed by atoms with Crippen molar-refractivity contribution in [3.05, 3.63) is 59.2 Å². The first-order valence-electron chi connectivity index (χ1n) is 5.29. The summed E-state index contributed by atoms with van der Waals surface area (Å²) in [5.41, 5.74) is 0.861. The van der Waals surface area contributed by atoms with Gasteiger partial charge in [0, 0.05) is 5.56 Å². The lowest BCUT2D eigenvalue weighted by molar-refractivity contribution is 0.0697. The highest BCUT2D eigenvalue weighted by molar-refractivity contribution is 5.96. The molecule has 0 unspecified atom stereocenters. The van der Waals surface area contributed by atoms with Gasteiger partial charge in [-0.25, -0.2) is 13.6 Å². The van der Waals surface area contributed by atoms with Crippen molar-refractivity contribution in [1.82, 2.24) is 0 Å². The van der Waals surface area contributed by atoms with Crippen LogP contribution < -0.4 is 0 Å². The predicted octanol–water partition coefficient (Wildman–Crippen LogP) is 3.64. The van der Waals surface area contributed by atoms with E-state index in [9.17, 15) is 13.6 Å². The molecule has 2 aromatic carbocycles. The van der Waals surface area contributed by atoms with Crippen LogP contribution in [0.3, 0.4) is 0 Å². The van der Waals surface area contributed by atoms with Crippen LogP contribution in [-0.2, 0) is 0 Å². The van der Waals surface area contributed by atoms with E-state index in [1.165, 1.54) is 24.3 Å². The number of aromatic carboxylic acids is 1. The zero-order chi connectivity index (χ0) is 13.3. The third-order valence-electron chi connectivity index (χ3n) is 2.65. The Hall–Kier alpha value is -2.23. The lowest BCUT2D eigenvalue weighted by atomic mass is 9.97. The van der Waals surface area contributed by atoms with Gasteiger partial charge >= 0.3 is 5.97 Å². The van der Waals surface area contributed by atoms with Crippen LogP contribution in [0.4, 0.5) is 8.78 Å². The summed E-state index contributed by atoms with van der Waals surface area (Å²) in [7, 11) is 0. The number of carbonyl (C=O) groups is 1. The molecule has 0 saturated carbocycles. The average molecular weight is 248 g/mol. The van der Waals surface area contributed by atoms with E-state index < -0.39 is 17.6 Å². The second-order valence-electron chi connectivity index (χ2n) is 3.96. The quantitative estimate of drug-likeness (QED) is 0.880. The van der Waals surface area contributed by atoms with Crippen LogP contribution in [0.25, 0.3) is 11.1 Å². The summed E-state index contributed by atoms with van der Waals surface area (Å²) >= 11 is 0.